The minimum atomic E-state index is 0.549. The van der Waals surface area contributed by atoms with E-state index in [1.807, 2.05) is 23.9 Å². The number of unbranched alkanes of at least 4 members (excludes halogenated alkanes) is 3. The number of hydrogen-bond donors (Lipinski definition) is 1. The molecule has 0 fully saturated rings. The van der Waals surface area contributed by atoms with Crippen molar-refractivity contribution in [3.63, 3.8) is 0 Å². The molecule has 0 aliphatic heterocycles. The summed E-state index contributed by atoms with van der Waals surface area (Å²) in [6.45, 7) is 5.33. The van der Waals surface area contributed by atoms with Gasteiger partial charge in [-0.25, -0.2) is 0 Å². The molecule has 18 heavy (non-hydrogen) atoms. The molecule has 0 radical (unpaired) electrons. The van der Waals surface area contributed by atoms with Gasteiger partial charge >= 0.3 is 0 Å². The normalized spacial score (nSPS) is 12.3. The van der Waals surface area contributed by atoms with Gasteiger partial charge in [0.2, 0.25) is 0 Å². The molecule has 1 heterocycles. The van der Waals surface area contributed by atoms with E-state index in [1.165, 1.54) is 37.7 Å². The average Bonchev–Trinajstić information content (AvgIpc) is 2.73. The summed E-state index contributed by atoms with van der Waals surface area (Å²) in [7, 11) is 1.91. The van der Waals surface area contributed by atoms with Crippen molar-refractivity contribution < 1.29 is 0 Å². The van der Waals surface area contributed by atoms with E-state index in [2.05, 4.69) is 25.2 Å². The minimum Gasteiger partial charge on any atom is -0.342 e. The van der Waals surface area contributed by atoms with E-state index in [0.29, 0.717) is 6.04 Å². The van der Waals surface area contributed by atoms with Crippen molar-refractivity contribution in [1.29, 1.82) is 5.26 Å². The third kappa shape index (κ3) is 4.93. The maximum atomic E-state index is 8.88. The van der Waals surface area contributed by atoms with Gasteiger partial charge in [-0.05, 0) is 25.0 Å². The first-order valence-corrected chi connectivity index (χ1v) is 6.96. The number of nitrogens with one attached hydrogen (secondary N) is 1. The van der Waals surface area contributed by atoms with Crippen molar-refractivity contribution in [1.82, 2.24) is 9.88 Å². The molecule has 0 aliphatic carbocycles. The Labute approximate surface area is 111 Å². The van der Waals surface area contributed by atoms with E-state index >= 15 is 0 Å². The molecule has 0 spiro atoms. The first kappa shape index (κ1) is 14.8. The van der Waals surface area contributed by atoms with Gasteiger partial charge in [0.1, 0.15) is 11.8 Å². The largest absolute Gasteiger partial charge is 0.342 e. The predicted octanol–water partition coefficient (Wildman–Crippen LogP) is 3.35. The Morgan fingerprint density at radius 2 is 2.17 bits per heavy atom. The van der Waals surface area contributed by atoms with E-state index in [1.54, 1.807) is 0 Å². The number of aromatic nitrogens is 1. The molecule has 0 saturated heterocycles. The van der Waals surface area contributed by atoms with Gasteiger partial charge in [0.05, 0.1) is 0 Å². The number of aryl methyl sites for hydroxylation is 1. The van der Waals surface area contributed by atoms with Crippen LogP contribution < -0.4 is 5.32 Å². The first-order chi connectivity index (χ1) is 8.67. The van der Waals surface area contributed by atoms with Crippen molar-refractivity contribution in [2.45, 2.75) is 58.5 Å². The van der Waals surface area contributed by atoms with Gasteiger partial charge in [-0.1, -0.05) is 32.6 Å². The topological polar surface area (TPSA) is 40.8 Å². The molecule has 100 valence electrons. The molecule has 1 aromatic rings. The zero-order valence-corrected chi connectivity index (χ0v) is 11.9. The highest BCUT2D eigenvalue weighted by molar-refractivity contribution is 5.28. The molecule has 3 heteroatoms. The highest BCUT2D eigenvalue weighted by atomic mass is 14.9. The summed E-state index contributed by atoms with van der Waals surface area (Å²) in [5.41, 5.74) is 1.91. The van der Waals surface area contributed by atoms with Crippen molar-refractivity contribution in [2.24, 2.45) is 7.05 Å². The van der Waals surface area contributed by atoms with Crippen LogP contribution in [0.5, 0.6) is 0 Å². The Morgan fingerprint density at radius 3 is 2.78 bits per heavy atom. The molecule has 0 aromatic carbocycles. The zero-order valence-electron chi connectivity index (χ0n) is 11.9. The molecule has 1 atom stereocenters. The molecule has 1 aromatic heterocycles. The highest BCUT2D eigenvalue weighted by Gasteiger charge is 2.04. The summed E-state index contributed by atoms with van der Waals surface area (Å²) in [6.07, 6.45) is 8.54. The second-order valence-corrected chi connectivity index (χ2v) is 5.09. The lowest BCUT2D eigenvalue weighted by atomic mass is 10.1. The van der Waals surface area contributed by atoms with Gasteiger partial charge in [-0.2, -0.15) is 5.26 Å². The van der Waals surface area contributed by atoms with Crippen molar-refractivity contribution in [2.75, 3.05) is 0 Å². The van der Waals surface area contributed by atoms with Crippen LogP contribution in [0.2, 0.25) is 0 Å². The third-order valence-corrected chi connectivity index (χ3v) is 3.32. The monoisotopic (exact) mass is 247 g/mol. The molecule has 0 amide bonds. The van der Waals surface area contributed by atoms with Crippen LogP contribution in [-0.4, -0.2) is 10.6 Å². The Morgan fingerprint density at radius 1 is 1.39 bits per heavy atom. The van der Waals surface area contributed by atoms with Crippen molar-refractivity contribution in [3.05, 3.63) is 23.5 Å². The lowest BCUT2D eigenvalue weighted by molar-refractivity contribution is 0.482. The zero-order chi connectivity index (χ0) is 13.4. The molecule has 3 nitrogen and oxygen atoms in total. The van der Waals surface area contributed by atoms with Gasteiger partial charge < -0.3 is 9.88 Å². The lowest BCUT2D eigenvalue weighted by Crippen LogP contribution is -2.25. The minimum absolute atomic E-state index is 0.549. The van der Waals surface area contributed by atoms with Crippen molar-refractivity contribution >= 4 is 0 Å². The predicted molar refractivity (Wildman–Crippen MR) is 75.2 cm³/mol. The van der Waals surface area contributed by atoms with Crippen LogP contribution in [0.15, 0.2) is 12.3 Å². The Bertz CT molecular complexity index is 387. The molecular weight excluding hydrogens is 222 g/mol. The van der Waals surface area contributed by atoms with E-state index in [0.717, 1.165) is 12.2 Å². The lowest BCUT2D eigenvalue weighted by Gasteiger charge is -2.12. The van der Waals surface area contributed by atoms with Crippen LogP contribution in [0.1, 0.15) is 57.2 Å². The maximum absolute atomic E-state index is 8.88. The highest BCUT2D eigenvalue weighted by Crippen LogP contribution is 2.08. The second kappa shape index (κ2) is 7.94. The molecule has 1 rings (SSSR count). The Kier molecular flexibility index (Phi) is 6.53. The third-order valence-electron chi connectivity index (χ3n) is 3.32. The number of nitrogens with zero attached hydrogens (tertiary/aromatic N) is 2. The van der Waals surface area contributed by atoms with Crippen LogP contribution in [0.4, 0.5) is 0 Å². The molecule has 0 bridgehead atoms. The Hall–Kier alpha value is -1.27. The van der Waals surface area contributed by atoms with E-state index in [9.17, 15) is 0 Å². The fourth-order valence-electron chi connectivity index (χ4n) is 2.11. The van der Waals surface area contributed by atoms with E-state index < -0.39 is 0 Å². The number of nitriles is 1. The summed E-state index contributed by atoms with van der Waals surface area (Å²) in [4.78, 5) is 0. The molecular formula is C15H25N3. The summed E-state index contributed by atoms with van der Waals surface area (Å²) < 4.78 is 1.88. The molecule has 0 aliphatic rings. The van der Waals surface area contributed by atoms with Crippen LogP contribution in [-0.2, 0) is 13.6 Å². The number of rotatable bonds is 8. The van der Waals surface area contributed by atoms with Gasteiger partial charge in [-0.15, -0.1) is 0 Å². The summed E-state index contributed by atoms with van der Waals surface area (Å²) in [6, 6.07) is 4.69. The van der Waals surface area contributed by atoms with Gasteiger partial charge in [0, 0.05) is 25.8 Å². The average molecular weight is 247 g/mol. The fraction of sp³-hybridized carbons (Fsp3) is 0.667. The number of hydrogen-bond acceptors (Lipinski definition) is 2. The Balaban J connectivity index is 2.25. The second-order valence-electron chi connectivity index (χ2n) is 5.09. The van der Waals surface area contributed by atoms with E-state index in [4.69, 9.17) is 5.26 Å². The van der Waals surface area contributed by atoms with Gasteiger partial charge in [-0.3, -0.25) is 0 Å². The smallest absolute Gasteiger partial charge is 0.120 e. The van der Waals surface area contributed by atoms with Crippen LogP contribution in [0.3, 0.4) is 0 Å². The maximum Gasteiger partial charge on any atom is 0.120 e. The summed E-state index contributed by atoms with van der Waals surface area (Å²) >= 11 is 0. The van der Waals surface area contributed by atoms with Crippen LogP contribution >= 0.6 is 0 Å². The standard InChI is InChI=1S/C15H25N3/c1-4-5-6-7-8-13(2)17-11-14-9-15(10-16)18(3)12-14/h9,12-13,17H,4-8,11H2,1-3H3. The molecule has 0 saturated carbocycles. The first-order valence-electron chi connectivity index (χ1n) is 6.96. The van der Waals surface area contributed by atoms with Crippen molar-refractivity contribution in [3.8, 4) is 6.07 Å². The van der Waals surface area contributed by atoms with Crippen LogP contribution in [0.25, 0.3) is 0 Å². The summed E-state index contributed by atoms with van der Waals surface area (Å²) in [5, 5.41) is 12.4. The summed E-state index contributed by atoms with van der Waals surface area (Å²) in [5.74, 6) is 0. The van der Waals surface area contributed by atoms with E-state index in [-0.39, 0.29) is 0 Å². The van der Waals surface area contributed by atoms with Crippen LogP contribution in [0, 0.1) is 11.3 Å². The quantitative estimate of drug-likeness (QED) is 0.716. The van der Waals surface area contributed by atoms with Gasteiger partial charge in [0.25, 0.3) is 0 Å². The molecule has 1 unspecified atom stereocenters. The fourth-order valence-corrected chi connectivity index (χ4v) is 2.11. The SMILES string of the molecule is CCCCCCC(C)NCc1cc(C#N)n(C)c1. The van der Waals surface area contributed by atoms with Gasteiger partial charge in [0.15, 0.2) is 0 Å². The molecule has 1 N–H and O–H groups in total.